The second kappa shape index (κ2) is 11.0. The fraction of sp³-hybridized carbons (Fsp3) is 0.172. The number of methoxy groups -OCH3 is 1. The smallest absolute Gasteiger partial charge is 0.347 e. The molecule has 0 aliphatic rings. The van der Waals surface area contributed by atoms with Gasteiger partial charge in [-0.15, -0.1) is 0 Å². The van der Waals surface area contributed by atoms with Crippen molar-refractivity contribution in [2.24, 2.45) is 5.10 Å². The van der Waals surface area contributed by atoms with Gasteiger partial charge in [0.05, 0.1) is 41.2 Å². The van der Waals surface area contributed by atoms with Crippen LogP contribution in [0.1, 0.15) is 19.4 Å². The van der Waals surface area contributed by atoms with E-state index in [1.165, 1.54) is 10.9 Å². The molecule has 9 nitrogen and oxygen atoms in total. The molecule has 0 fully saturated rings. The zero-order chi connectivity index (χ0) is 27.5. The van der Waals surface area contributed by atoms with Crippen LogP contribution in [0.3, 0.4) is 0 Å². The van der Waals surface area contributed by atoms with Crippen LogP contribution in [0.4, 0.5) is 0 Å². The summed E-state index contributed by atoms with van der Waals surface area (Å²) in [5.41, 5.74) is 1.32. The lowest BCUT2D eigenvalue weighted by molar-refractivity contribution is -0.150. The number of hydrogen-bond acceptors (Lipinski definition) is 8. The Morgan fingerprint density at radius 1 is 1.10 bits per heavy atom. The molecule has 2 aromatic heterocycles. The van der Waals surface area contributed by atoms with E-state index in [1.807, 2.05) is 24.3 Å². The number of hydrogen-bond donors (Lipinski definition) is 0. The third kappa shape index (κ3) is 5.21. The molecule has 2 heterocycles. The van der Waals surface area contributed by atoms with Crippen molar-refractivity contribution in [3.63, 3.8) is 0 Å². The average Bonchev–Trinajstić information content (AvgIpc) is 3.38. The quantitative estimate of drug-likeness (QED) is 0.182. The Hall–Kier alpha value is -4.63. The van der Waals surface area contributed by atoms with Crippen LogP contribution in [0.25, 0.3) is 33.5 Å². The number of carbonyl (C=O) groups excluding carboxylic acids is 1. The highest BCUT2D eigenvalue weighted by atomic mass is 35.5. The lowest BCUT2D eigenvalue weighted by Crippen LogP contribution is -2.26. The van der Waals surface area contributed by atoms with Gasteiger partial charge in [0.15, 0.2) is 11.9 Å². The average molecular weight is 546 g/mol. The first kappa shape index (κ1) is 26.0. The third-order valence-electron chi connectivity index (χ3n) is 5.92. The van der Waals surface area contributed by atoms with Crippen molar-refractivity contribution in [3.8, 4) is 23.1 Å². The van der Waals surface area contributed by atoms with Crippen molar-refractivity contribution in [1.82, 2.24) is 9.66 Å². The second-order valence-electron chi connectivity index (χ2n) is 8.50. The molecular formula is C29H24ClN3O6. The van der Waals surface area contributed by atoms with Gasteiger partial charge in [-0.1, -0.05) is 29.8 Å². The van der Waals surface area contributed by atoms with E-state index in [1.54, 1.807) is 63.4 Å². The summed E-state index contributed by atoms with van der Waals surface area (Å²) >= 11 is 6.40. The van der Waals surface area contributed by atoms with Gasteiger partial charge in [-0.05, 0) is 67.9 Å². The number of benzene rings is 3. The largest absolute Gasteiger partial charge is 0.496 e. The fourth-order valence-corrected chi connectivity index (χ4v) is 4.26. The molecule has 10 heteroatoms. The molecule has 3 aromatic carbocycles. The van der Waals surface area contributed by atoms with E-state index in [4.69, 9.17) is 30.2 Å². The van der Waals surface area contributed by atoms with Crippen molar-refractivity contribution in [3.05, 3.63) is 87.7 Å². The first-order chi connectivity index (χ1) is 18.9. The van der Waals surface area contributed by atoms with Crippen molar-refractivity contribution in [2.45, 2.75) is 20.0 Å². The van der Waals surface area contributed by atoms with Crippen LogP contribution < -0.4 is 15.0 Å². The van der Waals surface area contributed by atoms with Gasteiger partial charge < -0.3 is 18.6 Å². The molecule has 1 atom stereocenters. The fourth-order valence-electron chi connectivity index (χ4n) is 4.03. The summed E-state index contributed by atoms with van der Waals surface area (Å²) in [6, 6.07) is 19.2. The van der Waals surface area contributed by atoms with E-state index in [0.717, 1.165) is 5.39 Å². The molecule has 0 N–H and O–H groups in total. The Bertz CT molecular complexity index is 1770. The first-order valence-corrected chi connectivity index (χ1v) is 12.5. The lowest BCUT2D eigenvalue weighted by Gasteiger charge is -2.14. The summed E-state index contributed by atoms with van der Waals surface area (Å²) in [5.74, 6) is 1.04. The Labute approximate surface area is 228 Å². The maximum Gasteiger partial charge on any atom is 0.347 e. The molecule has 39 heavy (non-hydrogen) atoms. The van der Waals surface area contributed by atoms with E-state index in [-0.39, 0.29) is 23.0 Å². The molecular weight excluding hydrogens is 522 g/mol. The van der Waals surface area contributed by atoms with Crippen LogP contribution in [-0.2, 0) is 9.53 Å². The van der Waals surface area contributed by atoms with Gasteiger partial charge in [-0.3, -0.25) is 4.79 Å². The molecule has 5 aromatic rings. The minimum atomic E-state index is -0.825. The highest BCUT2D eigenvalue weighted by molar-refractivity contribution is 6.32. The number of fused-ring (bicyclic) bond motifs is 2. The maximum atomic E-state index is 13.5. The number of nitrogens with zero attached hydrogens (tertiary/aromatic N) is 3. The van der Waals surface area contributed by atoms with Gasteiger partial charge in [-0.25, -0.2) is 9.78 Å². The molecule has 0 saturated heterocycles. The molecule has 0 unspecified atom stereocenters. The topological polar surface area (TPSA) is 105 Å². The van der Waals surface area contributed by atoms with E-state index in [2.05, 4.69) is 10.1 Å². The number of rotatable bonds is 8. The van der Waals surface area contributed by atoms with Crippen molar-refractivity contribution in [1.29, 1.82) is 0 Å². The molecule has 0 saturated carbocycles. The monoisotopic (exact) mass is 545 g/mol. The zero-order valence-corrected chi connectivity index (χ0v) is 22.1. The summed E-state index contributed by atoms with van der Waals surface area (Å²) in [7, 11) is 1.58. The minimum Gasteiger partial charge on any atom is -0.496 e. The van der Waals surface area contributed by atoms with Gasteiger partial charge in [0.25, 0.3) is 5.56 Å². The van der Waals surface area contributed by atoms with E-state index in [9.17, 15) is 9.59 Å². The zero-order valence-electron chi connectivity index (χ0n) is 21.4. The van der Waals surface area contributed by atoms with Crippen LogP contribution in [-0.4, -0.2) is 41.7 Å². The van der Waals surface area contributed by atoms with Crippen LogP contribution in [0.2, 0.25) is 5.02 Å². The highest BCUT2D eigenvalue weighted by Crippen LogP contribution is 2.33. The number of carbonyl (C=O) groups is 1. The number of furan rings is 1. The SMILES string of the molecule is CCOC(=O)[C@@H](C)Oc1ccc(C=Nn2c(-c3cc4c(OC)cccc4o3)nc3ccccc3c2=O)cc1Cl. The molecule has 0 amide bonds. The van der Waals surface area contributed by atoms with Gasteiger partial charge in [-0.2, -0.15) is 9.78 Å². The summed E-state index contributed by atoms with van der Waals surface area (Å²) < 4.78 is 23.3. The number of halogens is 1. The number of aromatic nitrogens is 2. The highest BCUT2D eigenvalue weighted by Gasteiger charge is 2.19. The summed E-state index contributed by atoms with van der Waals surface area (Å²) in [6.07, 6.45) is 0.656. The number of esters is 1. The van der Waals surface area contributed by atoms with E-state index in [0.29, 0.717) is 39.3 Å². The maximum absolute atomic E-state index is 13.5. The van der Waals surface area contributed by atoms with Crippen LogP contribution in [0.15, 0.2) is 81.0 Å². The lowest BCUT2D eigenvalue weighted by atomic mass is 10.2. The molecule has 0 aliphatic heterocycles. The van der Waals surface area contributed by atoms with Crippen molar-refractivity contribution in [2.75, 3.05) is 13.7 Å². The van der Waals surface area contributed by atoms with Crippen LogP contribution in [0.5, 0.6) is 11.5 Å². The molecule has 0 bridgehead atoms. The Kier molecular flexibility index (Phi) is 7.33. The third-order valence-corrected chi connectivity index (χ3v) is 6.21. The number of para-hydroxylation sites is 1. The standard InChI is InChI=1S/C29H24ClN3O6/c1-4-37-29(35)17(2)38-25-13-12-18(14-21(25)30)16-31-33-27(32-22-9-6-5-8-19(22)28(33)34)26-15-20-23(36-3)10-7-11-24(20)39-26/h5-17H,4H2,1-3H3/t17-/m1/s1. The number of ether oxygens (including phenoxy) is 3. The van der Waals surface area contributed by atoms with Crippen molar-refractivity contribution < 1.29 is 23.4 Å². The van der Waals surface area contributed by atoms with Crippen LogP contribution >= 0.6 is 11.6 Å². The van der Waals surface area contributed by atoms with Gasteiger partial charge in [0.2, 0.25) is 5.82 Å². The Morgan fingerprint density at radius 2 is 1.92 bits per heavy atom. The minimum absolute atomic E-state index is 0.225. The molecule has 198 valence electrons. The normalized spacial score (nSPS) is 12.2. The van der Waals surface area contributed by atoms with Gasteiger partial charge in [0.1, 0.15) is 17.1 Å². The first-order valence-electron chi connectivity index (χ1n) is 12.2. The van der Waals surface area contributed by atoms with E-state index >= 15 is 0 Å². The molecule has 0 spiro atoms. The van der Waals surface area contributed by atoms with Gasteiger partial charge in [0, 0.05) is 0 Å². The Morgan fingerprint density at radius 3 is 2.69 bits per heavy atom. The summed E-state index contributed by atoms with van der Waals surface area (Å²) in [5, 5.41) is 5.87. The Balaban J connectivity index is 1.55. The van der Waals surface area contributed by atoms with E-state index < -0.39 is 12.1 Å². The van der Waals surface area contributed by atoms with Gasteiger partial charge >= 0.3 is 5.97 Å². The predicted molar refractivity (Wildman–Crippen MR) is 149 cm³/mol. The molecule has 0 aliphatic carbocycles. The van der Waals surface area contributed by atoms with Crippen molar-refractivity contribution >= 4 is 45.7 Å². The summed E-state index contributed by atoms with van der Waals surface area (Å²) in [4.78, 5) is 30.1. The van der Waals surface area contributed by atoms with Crippen LogP contribution in [0, 0.1) is 0 Å². The molecule has 5 rings (SSSR count). The summed E-state index contributed by atoms with van der Waals surface area (Å²) in [6.45, 7) is 3.55. The second-order valence-corrected chi connectivity index (χ2v) is 8.91. The molecule has 0 radical (unpaired) electrons. The predicted octanol–water partition coefficient (Wildman–Crippen LogP) is 5.68.